The molecular weight excluding hydrogens is 243 g/mol. The summed E-state index contributed by atoms with van der Waals surface area (Å²) in [5.74, 6) is 0. The Kier molecular flexibility index (Phi) is 4.44. The van der Waals surface area contributed by atoms with E-state index in [0.717, 1.165) is 5.56 Å². The molecule has 0 spiro atoms. The van der Waals surface area contributed by atoms with Gasteiger partial charge in [0.2, 0.25) is 0 Å². The van der Waals surface area contributed by atoms with Gasteiger partial charge in [-0.3, -0.25) is 0 Å². The van der Waals surface area contributed by atoms with Gasteiger partial charge in [0.1, 0.15) is 0 Å². The van der Waals surface area contributed by atoms with Crippen LogP contribution < -0.4 is 0 Å². The van der Waals surface area contributed by atoms with Gasteiger partial charge in [0, 0.05) is 18.1 Å². The van der Waals surface area contributed by atoms with Crippen molar-refractivity contribution >= 4 is 37.4 Å². The molecule has 1 rings (SSSR count). The molecule has 0 amide bonds. The molecule has 0 nitrogen and oxygen atoms in total. The molecule has 0 unspecified atom stereocenters. The Morgan fingerprint density at radius 3 is 2.40 bits per heavy atom. The highest BCUT2D eigenvalue weighted by molar-refractivity contribution is 6.76. The molecule has 0 aliphatic rings. The summed E-state index contributed by atoms with van der Waals surface area (Å²) >= 11 is 11.9. The number of rotatable bonds is 3. The summed E-state index contributed by atoms with van der Waals surface area (Å²) in [7, 11) is -0.995. The third-order valence-electron chi connectivity index (χ3n) is 1.99. The summed E-state index contributed by atoms with van der Waals surface area (Å²) in [4.78, 5) is 0. The van der Waals surface area contributed by atoms with E-state index >= 15 is 0 Å². The smallest absolute Gasteiger partial charge is 0.0493 e. The maximum Gasteiger partial charge on any atom is 0.0493 e. The van der Waals surface area contributed by atoms with Gasteiger partial charge in [0.15, 0.2) is 0 Å². The molecule has 0 aliphatic carbocycles. The molecule has 0 radical (unpaired) electrons. The highest BCUT2D eigenvalue weighted by Gasteiger charge is 2.09. The molecule has 0 saturated carbocycles. The van der Waals surface area contributed by atoms with Crippen molar-refractivity contribution in [2.75, 3.05) is 0 Å². The zero-order valence-corrected chi connectivity index (χ0v) is 11.9. The average molecular weight is 259 g/mol. The number of benzene rings is 1. The van der Waals surface area contributed by atoms with Crippen molar-refractivity contribution in [3.8, 4) is 0 Å². The predicted octanol–water partition coefficient (Wildman–Crippen LogP) is 5.34. The van der Waals surface area contributed by atoms with Gasteiger partial charge >= 0.3 is 0 Å². The van der Waals surface area contributed by atoms with Crippen LogP contribution in [0.25, 0.3) is 6.08 Å². The lowest BCUT2D eigenvalue weighted by Gasteiger charge is -2.11. The first-order valence-electron chi connectivity index (χ1n) is 5.00. The minimum atomic E-state index is -0.995. The topological polar surface area (TPSA) is 0 Å². The van der Waals surface area contributed by atoms with Crippen LogP contribution in [0, 0.1) is 0 Å². The molecule has 3 heteroatoms. The van der Waals surface area contributed by atoms with Gasteiger partial charge in [0.25, 0.3) is 0 Å². The Balaban J connectivity index is 2.73. The molecule has 0 fully saturated rings. The fraction of sp³-hybridized carbons (Fsp3) is 0.333. The van der Waals surface area contributed by atoms with Crippen molar-refractivity contribution in [3.05, 3.63) is 39.9 Å². The molecule has 15 heavy (non-hydrogen) atoms. The Labute approximate surface area is 103 Å². The highest BCUT2D eigenvalue weighted by atomic mass is 35.5. The monoisotopic (exact) mass is 258 g/mol. The Hall–Kier alpha value is -0.243. The van der Waals surface area contributed by atoms with Gasteiger partial charge < -0.3 is 0 Å². The maximum absolute atomic E-state index is 6.06. The largest absolute Gasteiger partial charge is 0.0866 e. The minimum absolute atomic E-state index is 0.683. The second-order valence-electron chi connectivity index (χ2n) is 4.83. The molecule has 1 aromatic carbocycles. The molecule has 0 saturated heterocycles. The van der Waals surface area contributed by atoms with E-state index < -0.39 is 8.07 Å². The lowest BCUT2D eigenvalue weighted by Crippen LogP contribution is -2.17. The standard InChI is InChI=1S/C12H16Cl2Si/c1-15(2,3)8-4-5-10-6-7-11(13)9-12(10)14/h4-7,9H,8H2,1-3H3/b5-4+. The summed E-state index contributed by atoms with van der Waals surface area (Å²) in [6.45, 7) is 7.04. The molecule has 0 aromatic heterocycles. The number of halogens is 2. The molecule has 0 N–H and O–H groups in total. The summed E-state index contributed by atoms with van der Waals surface area (Å²) in [6, 6.07) is 6.76. The lowest BCUT2D eigenvalue weighted by molar-refractivity contribution is 1.52. The van der Waals surface area contributed by atoms with E-state index in [9.17, 15) is 0 Å². The van der Waals surface area contributed by atoms with Gasteiger partial charge in [-0.15, -0.1) is 0 Å². The molecule has 0 heterocycles. The van der Waals surface area contributed by atoms with E-state index in [1.165, 1.54) is 6.04 Å². The fourth-order valence-corrected chi connectivity index (χ4v) is 2.47. The molecular formula is C12H16Cl2Si. The van der Waals surface area contributed by atoms with Crippen molar-refractivity contribution in [3.63, 3.8) is 0 Å². The zero-order chi connectivity index (χ0) is 11.5. The molecule has 82 valence electrons. The van der Waals surface area contributed by atoms with E-state index in [1.807, 2.05) is 12.1 Å². The van der Waals surface area contributed by atoms with Crippen LogP contribution in [0.3, 0.4) is 0 Å². The Morgan fingerprint density at radius 2 is 1.87 bits per heavy atom. The van der Waals surface area contributed by atoms with Crippen LogP contribution in [-0.2, 0) is 0 Å². The SMILES string of the molecule is C[Si](C)(C)C/C=C/c1ccc(Cl)cc1Cl. The first-order chi connectivity index (χ1) is 6.88. The van der Waals surface area contributed by atoms with Crippen LogP contribution in [0.1, 0.15) is 5.56 Å². The van der Waals surface area contributed by atoms with Crippen LogP contribution in [0.4, 0.5) is 0 Å². The van der Waals surface area contributed by atoms with Crippen molar-refractivity contribution in [1.29, 1.82) is 0 Å². The van der Waals surface area contributed by atoms with Crippen molar-refractivity contribution < 1.29 is 0 Å². The van der Waals surface area contributed by atoms with Gasteiger partial charge in [0.05, 0.1) is 0 Å². The van der Waals surface area contributed by atoms with E-state index in [1.54, 1.807) is 6.07 Å². The van der Waals surface area contributed by atoms with Crippen LogP contribution >= 0.6 is 23.2 Å². The maximum atomic E-state index is 6.06. The van der Waals surface area contributed by atoms with E-state index in [-0.39, 0.29) is 0 Å². The highest BCUT2D eigenvalue weighted by Crippen LogP contribution is 2.22. The Bertz CT molecular complexity index is 364. The predicted molar refractivity (Wildman–Crippen MR) is 73.6 cm³/mol. The van der Waals surface area contributed by atoms with E-state index in [2.05, 4.69) is 31.8 Å². The first-order valence-corrected chi connectivity index (χ1v) is 9.46. The van der Waals surface area contributed by atoms with E-state index in [4.69, 9.17) is 23.2 Å². The quantitative estimate of drug-likeness (QED) is 0.642. The van der Waals surface area contributed by atoms with Crippen molar-refractivity contribution in [1.82, 2.24) is 0 Å². The summed E-state index contributed by atoms with van der Waals surface area (Å²) in [5.41, 5.74) is 1.04. The number of allylic oxidation sites excluding steroid dienone is 1. The number of hydrogen-bond acceptors (Lipinski definition) is 0. The fourth-order valence-electron chi connectivity index (χ4n) is 1.18. The lowest BCUT2D eigenvalue weighted by atomic mass is 10.2. The van der Waals surface area contributed by atoms with Crippen LogP contribution in [-0.4, -0.2) is 8.07 Å². The van der Waals surface area contributed by atoms with Gasteiger partial charge in [-0.1, -0.05) is 61.1 Å². The summed E-state index contributed by atoms with van der Waals surface area (Å²) < 4.78 is 0. The third-order valence-corrected chi connectivity index (χ3v) is 4.01. The third kappa shape index (κ3) is 4.87. The molecule has 0 atom stereocenters. The van der Waals surface area contributed by atoms with Crippen molar-refractivity contribution in [2.24, 2.45) is 0 Å². The van der Waals surface area contributed by atoms with Crippen molar-refractivity contribution in [2.45, 2.75) is 25.7 Å². The van der Waals surface area contributed by atoms with E-state index in [0.29, 0.717) is 10.0 Å². The van der Waals surface area contributed by atoms with Crippen LogP contribution in [0.5, 0.6) is 0 Å². The van der Waals surface area contributed by atoms with Crippen LogP contribution in [0.15, 0.2) is 24.3 Å². The molecule has 1 aromatic rings. The van der Waals surface area contributed by atoms with Gasteiger partial charge in [-0.25, -0.2) is 0 Å². The zero-order valence-electron chi connectivity index (χ0n) is 9.35. The molecule has 0 bridgehead atoms. The van der Waals surface area contributed by atoms with Gasteiger partial charge in [-0.05, 0) is 23.7 Å². The summed E-state index contributed by atoms with van der Waals surface area (Å²) in [6.07, 6.45) is 4.29. The molecule has 0 aliphatic heterocycles. The normalized spacial score (nSPS) is 12.3. The Morgan fingerprint density at radius 1 is 1.20 bits per heavy atom. The summed E-state index contributed by atoms with van der Waals surface area (Å²) in [5, 5.41) is 1.40. The minimum Gasteiger partial charge on any atom is -0.0866 e. The van der Waals surface area contributed by atoms with Gasteiger partial charge in [-0.2, -0.15) is 0 Å². The van der Waals surface area contributed by atoms with Crippen LogP contribution in [0.2, 0.25) is 35.7 Å². The second kappa shape index (κ2) is 5.20. The average Bonchev–Trinajstić information content (AvgIpc) is 2.07. The second-order valence-corrected chi connectivity index (χ2v) is 11.2. The first kappa shape index (κ1) is 12.8. The number of hydrogen-bond donors (Lipinski definition) is 0.